The summed E-state index contributed by atoms with van der Waals surface area (Å²) in [5.41, 5.74) is 0. The molecule has 2 heteroatoms. The summed E-state index contributed by atoms with van der Waals surface area (Å²) in [5.74, 6) is 0.716. The maximum absolute atomic E-state index is 9.80. The van der Waals surface area contributed by atoms with Gasteiger partial charge in [-0.1, -0.05) is 39.5 Å². The summed E-state index contributed by atoms with van der Waals surface area (Å²) in [5, 5.41) is 9.80. The molecule has 0 saturated heterocycles. The predicted octanol–water partition coefficient (Wildman–Crippen LogP) is 3.52. The summed E-state index contributed by atoms with van der Waals surface area (Å²) in [7, 11) is 0. The van der Waals surface area contributed by atoms with E-state index < -0.39 is 0 Å². The van der Waals surface area contributed by atoms with Crippen molar-refractivity contribution in [1.29, 1.82) is 0 Å². The number of hydrogen-bond acceptors (Lipinski definition) is 2. The van der Waals surface area contributed by atoms with E-state index in [-0.39, 0.29) is 12.2 Å². The Kier molecular flexibility index (Phi) is 7.06. The number of aliphatic hydroxyl groups is 1. The van der Waals surface area contributed by atoms with E-state index in [4.69, 9.17) is 4.74 Å². The Bertz CT molecular complexity index is 170. The zero-order chi connectivity index (χ0) is 11.8. The molecule has 1 N–H and O–H groups in total. The summed E-state index contributed by atoms with van der Waals surface area (Å²) in [4.78, 5) is 0. The van der Waals surface area contributed by atoms with Gasteiger partial charge in [-0.05, 0) is 31.6 Å². The van der Waals surface area contributed by atoms with E-state index in [0.717, 1.165) is 32.3 Å². The minimum atomic E-state index is -0.216. The largest absolute Gasteiger partial charge is 0.390 e. The molecule has 0 radical (unpaired) electrons. The van der Waals surface area contributed by atoms with Gasteiger partial charge in [0.15, 0.2) is 0 Å². The minimum Gasteiger partial charge on any atom is -0.390 e. The van der Waals surface area contributed by atoms with E-state index in [1.807, 2.05) is 0 Å². The van der Waals surface area contributed by atoms with Crippen LogP contribution in [0.15, 0.2) is 0 Å². The van der Waals surface area contributed by atoms with Gasteiger partial charge in [0.2, 0.25) is 0 Å². The van der Waals surface area contributed by atoms with Crippen LogP contribution in [0.1, 0.15) is 65.2 Å². The van der Waals surface area contributed by atoms with Crippen LogP contribution < -0.4 is 0 Å². The second-order valence-corrected chi connectivity index (χ2v) is 5.31. The average molecular weight is 228 g/mol. The standard InChI is InChI=1S/C14H28O2/c1-3-4-5-6-7-10-16-14-11-12(2)8-9-13(14)15/h12-15H,3-11H2,1-2H3. The maximum Gasteiger partial charge on any atom is 0.0836 e. The fraction of sp³-hybridized carbons (Fsp3) is 1.00. The summed E-state index contributed by atoms with van der Waals surface area (Å²) >= 11 is 0. The minimum absolute atomic E-state index is 0.106. The molecule has 2 nitrogen and oxygen atoms in total. The molecule has 0 heterocycles. The molecule has 1 rings (SSSR count). The van der Waals surface area contributed by atoms with E-state index in [2.05, 4.69) is 13.8 Å². The van der Waals surface area contributed by atoms with Gasteiger partial charge in [0, 0.05) is 6.61 Å². The molecule has 1 saturated carbocycles. The van der Waals surface area contributed by atoms with Crippen LogP contribution in [0.25, 0.3) is 0 Å². The Morgan fingerprint density at radius 3 is 2.62 bits per heavy atom. The van der Waals surface area contributed by atoms with Gasteiger partial charge < -0.3 is 9.84 Å². The topological polar surface area (TPSA) is 29.5 Å². The molecule has 0 aromatic heterocycles. The van der Waals surface area contributed by atoms with Crippen molar-refractivity contribution in [3.63, 3.8) is 0 Å². The summed E-state index contributed by atoms with van der Waals surface area (Å²) in [6.45, 7) is 5.32. The van der Waals surface area contributed by atoms with Crippen molar-refractivity contribution in [2.45, 2.75) is 77.4 Å². The Hall–Kier alpha value is -0.0800. The van der Waals surface area contributed by atoms with Gasteiger partial charge in [-0.3, -0.25) is 0 Å². The van der Waals surface area contributed by atoms with E-state index in [9.17, 15) is 5.11 Å². The lowest BCUT2D eigenvalue weighted by Gasteiger charge is -2.31. The van der Waals surface area contributed by atoms with Crippen LogP contribution in [0.2, 0.25) is 0 Å². The highest BCUT2D eigenvalue weighted by Gasteiger charge is 2.27. The molecule has 16 heavy (non-hydrogen) atoms. The zero-order valence-corrected chi connectivity index (χ0v) is 11.0. The molecule has 0 bridgehead atoms. The number of unbranched alkanes of at least 4 members (excludes halogenated alkanes) is 4. The third kappa shape index (κ3) is 5.31. The lowest BCUT2D eigenvalue weighted by atomic mass is 9.86. The third-order valence-electron chi connectivity index (χ3n) is 3.60. The first-order valence-electron chi connectivity index (χ1n) is 7.03. The SMILES string of the molecule is CCCCCCCOC1CC(C)CCC1O. The average Bonchev–Trinajstić information content (AvgIpc) is 2.28. The van der Waals surface area contributed by atoms with Crippen molar-refractivity contribution in [2.75, 3.05) is 6.61 Å². The van der Waals surface area contributed by atoms with Crippen LogP contribution in [-0.4, -0.2) is 23.9 Å². The van der Waals surface area contributed by atoms with Gasteiger partial charge in [0.1, 0.15) is 0 Å². The van der Waals surface area contributed by atoms with E-state index in [0.29, 0.717) is 5.92 Å². The second kappa shape index (κ2) is 8.08. The van der Waals surface area contributed by atoms with Crippen LogP contribution in [0.3, 0.4) is 0 Å². The molecule has 1 fully saturated rings. The quantitative estimate of drug-likeness (QED) is 0.676. The number of hydrogen-bond donors (Lipinski definition) is 1. The molecule has 96 valence electrons. The lowest BCUT2D eigenvalue weighted by Crippen LogP contribution is -2.35. The molecule has 1 aliphatic rings. The van der Waals surface area contributed by atoms with Gasteiger partial charge in [-0.25, -0.2) is 0 Å². The summed E-state index contributed by atoms with van der Waals surface area (Å²) in [6.07, 6.45) is 9.37. The number of ether oxygens (including phenoxy) is 1. The van der Waals surface area contributed by atoms with Crippen LogP contribution in [0.4, 0.5) is 0 Å². The van der Waals surface area contributed by atoms with Gasteiger partial charge in [-0.15, -0.1) is 0 Å². The highest BCUT2D eigenvalue weighted by molar-refractivity contribution is 4.78. The third-order valence-corrected chi connectivity index (χ3v) is 3.60. The fourth-order valence-electron chi connectivity index (χ4n) is 2.43. The van der Waals surface area contributed by atoms with Crippen molar-refractivity contribution in [1.82, 2.24) is 0 Å². The Balaban J connectivity index is 2.02. The van der Waals surface area contributed by atoms with Crippen molar-refractivity contribution >= 4 is 0 Å². The lowest BCUT2D eigenvalue weighted by molar-refractivity contribution is -0.0701. The number of rotatable bonds is 7. The highest BCUT2D eigenvalue weighted by atomic mass is 16.5. The molecule has 1 aliphatic carbocycles. The van der Waals surface area contributed by atoms with E-state index in [1.54, 1.807) is 0 Å². The zero-order valence-electron chi connectivity index (χ0n) is 11.0. The first-order chi connectivity index (χ1) is 7.74. The molecule has 0 amide bonds. The van der Waals surface area contributed by atoms with Crippen molar-refractivity contribution in [3.05, 3.63) is 0 Å². The smallest absolute Gasteiger partial charge is 0.0836 e. The molecule has 0 aromatic carbocycles. The van der Waals surface area contributed by atoms with Crippen LogP contribution in [0.5, 0.6) is 0 Å². The van der Waals surface area contributed by atoms with Gasteiger partial charge in [-0.2, -0.15) is 0 Å². The molecule has 0 aromatic rings. The first-order valence-corrected chi connectivity index (χ1v) is 7.03. The molecular weight excluding hydrogens is 200 g/mol. The highest BCUT2D eigenvalue weighted by Crippen LogP contribution is 2.26. The van der Waals surface area contributed by atoms with Crippen LogP contribution in [-0.2, 0) is 4.74 Å². The van der Waals surface area contributed by atoms with Crippen LogP contribution >= 0.6 is 0 Å². The molecule has 0 spiro atoms. The van der Waals surface area contributed by atoms with Crippen molar-refractivity contribution < 1.29 is 9.84 Å². The molecule has 3 atom stereocenters. The Morgan fingerprint density at radius 1 is 1.12 bits per heavy atom. The maximum atomic E-state index is 9.80. The predicted molar refractivity (Wildman–Crippen MR) is 67.5 cm³/mol. The Morgan fingerprint density at radius 2 is 1.88 bits per heavy atom. The monoisotopic (exact) mass is 228 g/mol. The fourth-order valence-corrected chi connectivity index (χ4v) is 2.43. The van der Waals surface area contributed by atoms with E-state index >= 15 is 0 Å². The van der Waals surface area contributed by atoms with Gasteiger partial charge >= 0.3 is 0 Å². The normalized spacial score (nSPS) is 30.6. The molecule has 3 unspecified atom stereocenters. The Labute approximate surface area is 100 Å². The molecular formula is C14H28O2. The summed E-state index contributed by atoms with van der Waals surface area (Å²) < 4.78 is 5.80. The van der Waals surface area contributed by atoms with Gasteiger partial charge in [0.05, 0.1) is 12.2 Å². The van der Waals surface area contributed by atoms with E-state index in [1.165, 1.54) is 25.7 Å². The summed E-state index contributed by atoms with van der Waals surface area (Å²) in [6, 6.07) is 0. The van der Waals surface area contributed by atoms with Crippen molar-refractivity contribution in [2.24, 2.45) is 5.92 Å². The van der Waals surface area contributed by atoms with Crippen molar-refractivity contribution in [3.8, 4) is 0 Å². The second-order valence-electron chi connectivity index (χ2n) is 5.31. The first kappa shape index (κ1) is 14.0. The van der Waals surface area contributed by atoms with Gasteiger partial charge in [0.25, 0.3) is 0 Å². The molecule has 0 aliphatic heterocycles. The van der Waals surface area contributed by atoms with Crippen LogP contribution in [0, 0.1) is 5.92 Å². The number of aliphatic hydroxyl groups excluding tert-OH is 1.